The van der Waals surface area contributed by atoms with Gasteiger partial charge in [0.05, 0.1) is 19.2 Å². The number of anilines is 1. The number of hydrogen-bond donors (Lipinski definition) is 0. The molecule has 1 amide bonds. The molecule has 3 rings (SSSR count). The topological polar surface area (TPSA) is 80.7 Å². The van der Waals surface area contributed by atoms with Crippen molar-refractivity contribution in [3.8, 4) is 11.8 Å². The summed E-state index contributed by atoms with van der Waals surface area (Å²) < 4.78 is 11.1. The van der Waals surface area contributed by atoms with Gasteiger partial charge >= 0.3 is 0 Å². The summed E-state index contributed by atoms with van der Waals surface area (Å²) in [5.41, 5.74) is 0.542. The smallest absolute Gasteiger partial charge is 0.257 e. The second-order valence-electron chi connectivity index (χ2n) is 6.30. The number of rotatable bonds is 5. The van der Waals surface area contributed by atoms with Crippen LogP contribution in [0.15, 0.2) is 30.7 Å². The number of nitrogens with zero attached hydrogens (tertiary/aromatic N) is 5. The second-order valence-corrected chi connectivity index (χ2v) is 6.30. The van der Waals surface area contributed by atoms with Gasteiger partial charge in [-0.2, -0.15) is 0 Å². The first-order chi connectivity index (χ1) is 12.6. The van der Waals surface area contributed by atoms with E-state index in [1.165, 1.54) is 0 Å². The lowest BCUT2D eigenvalue weighted by Crippen LogP contribution is -2.44. The maximum Gasteiger partial charge on any atom is 0.257 e. The summed E-state index contributed by atoms with van der Waals surface area (Å²) in [7, 11) is 5.33. The molecule has 0 spiro atoms. The number of hydrogen-bond acceptors (Lipinski definition) is 7. The average molecular weight is 357 g/mol. The minimum absolute atomic E-state index is 0.0552. The average Bonchev–Trinajstić information content (AvgIpc) is 2.68. The van der Waals surface area contributed by atoms with Crippen LogP contribution in [-0.2, 0) is 0 Å². The quantitative estimate of drug-likeness (QED) is 0.804. The number of carbonyl (C=O) groups excluding carboxylic acids is 1. The number of carbonyl (C=O) groups is 1. The van der Waals surface area contributed by atoms with Gasteiger partial charge in [-0.1, -0.05) is 0 Å². The zero-order valence-corrected chi connectivity index (χ0v) is 15.3. The van der Waals surface area contributed by atoms with Crippen LogP contribution in [0.2, 0.25) is 0 Å². The molecule has 0 aliphatic carbocycles. The zero-order valence-electron chi connectivity index (χ0n) is 15.3. The summed E-state index contributed by atoms with van der Waals surface area (Å²) in [6.07, 6.45) is 6.41. The van der Waals surface area contributed by atoms with Crippen molar-refractivity contribution in [2.24, 2.45) is 0 Å². The molecule has 3 heterocycles. The number of methoxy groups -OCH3 is 1. The van der Waals surface area contributed by atoms with E-state index < -0.39 is 0 Å². The number of aromatic nitrogens is 3. The van der Waals surface area contributed by atoms with Crippen molar-refractivity contribution in [3.63, 3.8) is 0 Å². The summed E-state index contributed by atoms with van der Waals surface area (Å²) >= 11 is 0. The predicted octanol–water partition coefficient (Wildman–Crippen LogP) is 1.63. The third-order valence-electron chi connectivity index (χ3n) is 4.21. The van der Waals surface area contributed by atoms with Crippen LogP contribution in [0.1, 0.15) is 23.2 Å². The van der Waals surface area contributed by atoms with Gasteiger partial charge in [0.15, 0.2) is 5.82 Å². The molecule has 1 atom stereocenters. The molecule has 0 radical (unpaired) electrons. The Kier molecular flexibility index (Phi) is 5.50. The third-order valence-corrected chi connectivity index (χ3v) is 4.21. The van der Waals surface area contributed by atoms with Gasteiger partial charge in [-0.25, -0.2) is 15.0 Å². The Morgan fingerprint density at radius 2 is 2.04 bits per heavy atom. The predicted molar refractivity (Wildman–Crippen MR) is 96.7 cm³/mol. The van der Waals surface area contributed by atoms with Crippen molar-refractivity contribution < 1.29 is 14.3 Å². The Balaban J connectivity index is 1.68. The normalized spacial score (nSPS) is 16.9. The van der Waals surface area contributed by atoms with Crippen molar-refractivity contribution in [1.29, 1.82) is 0 Å². The number of likely N-dealkylation sites (tertiary alicyclic amines) is 1. The minimum atomic E-state index is -0.116. The summed E-state index contributed by atoms with van der Waals surface area (Å²) in [6.45, 7) is 1.21. The first-order valence-corrected chi connectivity index (χ1v) is 8.53. The van der Waals surface area contributed by atoms with Gasteiger partial charge in [0.25, 0.3) is 11.8 Å². The van der Waals surface area contributed by atoms with E-state index in [1.54, 1.807) is 42.7 Å². The van der Waals surface area contributed by atoms with Crippen LogP contribution < -0.4 is 14.4 Å². The highest BCUT2D eigenvalue weighted by molar-refractivity contribution is 5.94. The molecule has 0 unspecified atom stereocenters. The van der Waals surface area contributed by atoms with E-state index in [-0.39, 0.29) is 12.0 Å². The summed E-state index contributed by atoms with van der Waals surface area (Å²) in [4.78, 5) is 29.1. The van der Waals surface area contributed by atoms with Crippen LogP contribution in [0.4, 0.5) is 5.82 Å². The Morgan fingerprint density at radius 3 is 2.73 bits per heavy atom. The van der Waals surface area contributed by atoms with Crippen molar-refractivity contribution >= 4 is 11.7 Å². The lowest BCUT2D eigenvalue weighted by molar-refractivity contribution is 0.0528. The molecule has 0 N–H and O–H groups in total. The van der Waals surface area contributed by atoms with Gasteiger partial charge < -0.3 is 19.3 Å². The van der Waals surface area contributed by atoms with Crippen molar-refractivity contribution in [2.75, 3.05) is 39.2 Å². The molecule has 0 saturated carbocycles. The molecular formula is C18H23N5O3. The van der Waals surface area contributed by atoms with Gasteiger partial charge in [0.1, 0.15) is 6.10 Å². The van der Waals surface area contributed by atoms with Crippen molar-refractivity contribution in [1.82, 2.24) is 19.9 Å². The number of ether oxygens (including phenoxy) is 2. The molecule has 26 heavy (non-hydrogen) atoms. The van der Waals surface area contributed by atoms with E-state index in [1.807, 2.05) is 19.0 Å². The lowest BCUT2D eigenvalue weighted by Gasteiger charge is -2.33. The van der Waals surface area contributed by atoms with E-state index in [2.05, 4.69) is 15.0 Å². The molecular weight excluding hydrogens is 334 g/mol. The second kappa shape index (κ2) is 7.99. The van der Waals surface area contributed by atoms with Crippen LogP contribution in [0.5, 0.6) is 11.8 Å². The maximum atomic E-state index is 12.7. The summed E-state index contributed by atoms with van der Waals surface area (Å²) in [5, 5.41) is 0. The molecule has 0 aromatic carbocycles. The first kappa shape index (κ1) is 17.9. The largest absolute Gasteiger partial charge is 0.481 e. The summed E-state index contributed by atoms with van der Waals surface area (Å²) in [6, 6.07) is 3.42. The molecule has 0 bridgehead atoms. The molecule has 1 aliphatic heterocycles. The van der Waals surface area contributed by atoms with Crippen LogP contribution in [-0.4, -0.2) is 66.2 Å². The highest BCUT2D eigenvalue weighted by Gasteiger charge is 2.27. The molecule has 2 aromatic heterocycles. The third kappa shape index (κ3) is 4.01. The van der Waals surface area contributed by atoms with Gasteiger partial charge in [0.2, 0.25) is 5.88 Å². The van der Waals surface area contributed by atoms with Crippen LogP contribution in [0.3, 0.4) is 0 Å². The Labute approximate surface area is 152 Å². The zero-order chi connectivity index (χ0) is 18.5. The standard InChI is InChI=1S/C18H23N5O3/c1-22(2)16-17(20-9-8-19-16)26-14-5-4-10-23(12-14)18(24)13-6-7-15(25-3)21-11-13/h6-9,11,14H,4-5,10,12H2,1-3H3/t14-/m0/s1. The van der Waals surface area contributed by atoms with E-state index in [9.17, 15) is 4.79 Å². The van der Waals surface area contributed by atoms with E-state index in [4.69, 9.17) is 9.47 Å². The Morgan fingerprint density at radius 1 is 1.23 bits per heavy atom. The highest BCUT2D eigenvalue weighted by Crippen LogP contribution is 2.24. The van der Waals surface area contributed by atoms with E-state index >= 15 is 0 Å². The number of pyridine rings is 1. The number of piperidine rings is 1. The highest BCUT2D eigenvalue weighted by atomic mass is 16.5. The number of amides is 1. The minimum Gasteiger partial charge on any atom is -0.481 e. The molecule has 8 nitrogen and oxygen atoms in total. The fourth-order valence-electron chi connectivity index (χ4n) is 2.89. The molecule has 8 heteroatoms. The van der Waals surface area contributed by atoms with Crippen molar-refractivity contribution in [2.45, 2.75) is 18.9 Å². The molecule has 138 valence electrons. The van der Waals surface area contributed by atoms with Gasteiger partial charge in [-0.05, 0) is 18.9 Å². The monoisotopic (exact) mass is 357 g/mol. The SMILES string of the molecule is COc1ccc(C(=O)N2CCC[C@H](Oc3nccnc3N(C)C)C2)cn1. The molecule has 1 aliphatic rings. The van der Waals surface area contributed by atoms with Crippen LogP contribution in [0, 0.1) is 0 Å². The van der Waals surface area contributed by atoms with Crippen molar-refractivity contribution in [3.05, 3.63) is 36.3 Å². The van der Waals surface area contributed by atoms with Gasteiger partial charge in [0, 0.05) is 45.3 Å². The first-order valence-electron chi connectivity index (χ1n) is 8.53. The van der Waals surface area contributed by atoms with E-state index in [0.717, 1.165) is 12.8 Å². The molecule has 1 saturated heterocycles. The maximum absolute atomic E-state index is 12.7. The van der Waals surface area contributed by atoms with Gasteiger partial charge in [-0.15, -0.1) is 0 Å². The fourth-order valence-corrected chi connectivity index (χ4v) is 2.89. The molecule has 1 fully saturated rings. The van der Waals surface area contributed by atoms with Crippen LogP contribution >= 0.6 is 0 Å². The Hall–Kier alpha value is -2.90. The van der Waals surface area contributed by atoms with Crippen LogP contribution in [0.25, 0.3) is 0 Å². The summed E-state index contributed by atoms with van der Waals surface area (Å²) in [5.74, 6) is 1.60. The van der Waals surface area contributed by atoms with E-state index in [0.29, 0.717) is 36.2 Å². The fraction of sp³-hybridized carbons (Fsp3) is 0.444. The Bertz CT molecular complexity index is 751. The molecule has 2 aromatic rings. The van der Waals surface area contributed by atoms with Gasteiger partial charge in [-0.3, -0.25) is 4.79 Å². The lowest BCUT2D eigenvalue weighted by atomic mass is 10.1.